The van der Waals surface area contributed by atoms with E-state index in [1.807, 2.05) is 12.1 Å². The third-order valence-corrected chi connectivity index (χ3v) is 3.59. The van der Waals surface area contributed by atoms with E-state index in [1.165, 1.54) is 18.2 Å². The summed E-state index contributed by atoms with van der Waals surface area (Å²) in [4.78, 5) is 11.9. The number of carbonyl (C=O) groups excluding carboxylic acids is 1. The number of ether oxygens (including phenoxy) is 1. The average molecular weight is 366 g/mol. The minimum absolute atomic E-state index is 0.0181. The molecule has 0 saturated carbocycles. The molecule has 2 aromatic carbocycles. The number of rotatable bonds is 4. The summed E-state index contributed by atoms with van der Waals surface area (Å²) in [7, 11) is 0. The maximum absolute atomic E-state index is 12.2. The molecule has 0 aromatic heterocycles. The molecule has 0 spiro atoms. The second-order valence-electron chi connectivity index (χ2n) is 6.83. The molecule has 0 saturated heterocycles. The molecule has 7 heteroatoms. The number of hydrogen-bond donors (Lipinski definition) is 2. The fraction of sp³-hybridized carbons (Fsp3) is 0.316. The van der Waals surface area contributed by atoms with Crippen LogP contribution in [0.15, 0.2) is 48.5 Å². The SMILES string of the molecule is CC(C)(C)c1ccc(NC(=O)NCc2cccc(OC(F)(F)F)c2)cc1. The monoisotopic (exact) mass is 366 g/mol. The van der Waals surface area contributed by atoms with E-state index in [0.717, 1.165) is 5.56 Å². The van der Waals surface area contributed by atoms with Gasteiger partial charge in [0.1, 0.15) is 5.75 Å². The molecular weight excluding hydrogens is 345 g/mol. The normalized spacial score (nSPS) is 11.8. The van der Waals surface area contributed by atoms with Crippen molar-refractivity contribution in [3.8, 4) is 5.75 Å². The largest absolute Gasteiger partial charge is 0.573 e. The van der Waals surface area contributed by atoms with E-state index in [4.69, 9.17) is 0 Å². The van der Waals surface area contributed by atoms with Crippen molar-refractivity contribution in [3.63, 3.8) is 0 Å². The first-order valence-electron chi connectivity index (χ1n) is 8.03. The van der Waals surface area contributed by atoms with E-state index in [0.29, 0.717) is 11.3 Å². The second kappa shape index (κ2) is 7.68. The lowest BCUT2D eigenvalue weighted by molar-refractivity contribution is -0.274. The highest BCUT2D eigenvalue weighted by atomic mass is 19.4. The lowest BCUT2D eigenvalue weighted by atomic mass is 9.87. The van der Waals surface area contributed by atoms with Crippen molar-refractivity contribution in [3.05, 3.63) is 59.7 Å². The minimum Gasteiger partial charge on any atom is -0.406 e. The van der Waals surface area contributed by atoms with Crippen LogP contribution in [0.2, 0.25) is 0 Å². The van der Waals surface area contributed by atoms with E-state index < -0.39 is 12.4 Å². The van der Waals surface area contributed by atoms with Gasteiger partial charge >= 0.3 is 12.4 Å². The molecule has 0 radical (unpaired) electrons. The Hall–Kier alpha value is -2.70. The van der Waals surface area contributed by atoms with Crippen LogP contribution in [0.1, 0.15) is 31.9 Å². The van der Waals surface area contributed by atoms with Gasteiger partial charge in [0.15, 0.2) is 0 Å². The van der Waals surface area contributed by atoms with Gasteiger partial charge in [-0.2, -0.15) is 0 Å². The number of benzene rings is 2. The number of amides is 2. The first kappa shape index (κ1) is 19.6. The molecule has 0 aliphatic heterocycles. The number of carbonyl (C=O) groups is 1. The summed E-state index contributed by atoms with van der Waals surface area (Å²) in [5, 5.41) is 5.28. The average Bonchev–Trinajstić information content (AvgIpc) is 2.51. The molecule has 0 unspecified atom stereocenters. The van der Waals surface area contributed by atoms with Crippen LogP contribution in [0.4, 0.5) is 23.7 Å². The Balaban J connectivity index is 1.90. The number of alkyl halides is 3. The summed E-state index contributed by atoms with van der Waals surface area (Å²) < 4.78 is 40.5. The molecule has 0 aliphatic carbocycles. The van der Waals surface area contributed by atoms with Gasteiger partial charge in [0, 0.05) is 12.2 Å². The summed E-state index contributed by atoms with van der Waals surface area (Å²) in [6.07, 6.45) is -4.75. The van der Waals surface area contributed by atoms with Crippen molar-refractivity contribution in [2.75, 3.05) is 5.32 Å². The number of urea groups is 1. The standard InChI is InChI=1S/C19H21F3N2O2/c1-18(2,3)14-7-9-15(10-8-14)24-17(25)23-12-13-5-4-6-16(11-13)26-19(20,21)22/h4-11H,12H2,1-3H3,(H2,23,24,25). The van der Waals surface area contributed by atoms with Crippen LogP contribution in [0.3, 0.4) is 0 Å². The van der Waals surface area contributed by atoms with Gasteiger partial charge < -0.3 is 15.4 Å². The van der Waals surface area contributed by atoms with E-state index in [2.05, 4.69) is 36.1 Å². The van der Waals surface area contributed by atoms with Crippen molar-refractivity contribution in [2.24, 2.45) is 0 Å². The number of anilines is 1. The molecule has 140 valence electrons. The van der Waals surface area contributed by atoms with Gasteiger partial charge in [0.05, 0.1) is 0 Å². The Labute approximate surface area is 150 Å². The zero-order chi connectivity index (χ0) is 19.4. The minimum atomic E-state index is -4.75. The Kier molecular flexibility index (Phi) is 5.79. The summed E-state index contributed by atoms with van der Waals surface area (Å²) >= 11 is 0. The molecule has 0 bridgehead atoms. The highest BCUT2D eigenvalue weighted by molar-refractivity contribution is 5.89. The van der Waals surface area contributed by atoms with Crippen LogP contribution < -0.4 is 15.4 Å². The number of nitrogens with one attached hydrogen (secondary N) is 2. The fourth-order valence-electron chi connectivity index (χ4n) is 2.26. The van der Waals surface area contributed by atoms with Crippen molar-refractivity contribution < 1.29 is 22.7 Å². The number of hydrogen-bond acceptors (Lipinski definition) is 2. The molecule has 0 atom stereocenters. The Morgan fingerprint density at radius 1 is 1.04 bits per heavy atom. The van der Waals surface area contributed by atoms with Crippen LogP contribution in [0.5, 0.6) is 5.75 Å². The van der Waals surface area contributed by atoms with Crippen molar-refractivity contribution >= 4 is 11.7 Å². The molecule has 2 amide bonds. The van der Waals surface area contributed by atoms with E-state index >= 15 is 0 Å². The van der Waals surface area contributed by atoms with Gasteiger partial charge in [-0.15, -0.1) is 13.2 Å². The van der Waals surface area contributed by atoms with Gasteiger partial charge in [0.2, 0.25) is 0 Å². The van der Waals surface area contributed by atoms with E-state index in [9.17, 15) is 18.0 Å². The predicted molar refractivity (Wildman–Crippen MR) is 94.1 cm³/mol. The van der Waals surface area contributed by atoms with Crippen molar-refractivity contribution in [1.82, 2.24) is 5.32 Å². The molecule has 0 heterocycles. The van der Waals surface area contributed by atoms with Crippen LogP contribution in [-0.2, 0) is 12.0 Å². The zero-order valence-electron chi connectivity index (χ0n) is 14.8. The highest BCUT2D eigenvalue weighted by Gasteiger charge is 2.31. The van der Waals surface area contributed by atoms with Crippen molar-refractivity contribution in [2.45, 2.75) is 39.1 Å². The molecule has 2 rings (SSSR count). The molecule has 4 nitrogen and oxygen atoms in total. The Morgan fingerprint density at radius 2 is 1.69 bits per heavy atom. The third-order valence-electron chi connectivity index (χ3n) is 3.59. The zero-order valence-corrected chi connectivity index (χ0v) is 14.8. The molecular formula is C19H21F3N2O2. The highest BCUT2D eigenvalue weighted by Crippen LogP contribution is 2.24. The molecule has 2 aromatic rings. The van der Waals surface area contributed by atoms with Gasteiger partial charge in [0.25, 0.3) is 0 Å². The van der Waals surface area contributed by atoms with Crippen molar-refractivity contribution in [1.29, 1.82) is 0 Å². The van der Waals surface area contributed by atoms with Crippen LogP contribution in [0.25, 0.3) is 0 Å². The van der Waals surface area contributed by atoms with E-state index in [1.54, 1.807) is 18.2 Å². The predicted octanol–water partition coefficient (Wildman–Crippen LogP) is 5.20. The maximum Gasteiger partial charge on any atom is 0.573 e. The number of halogens is 3. The summed E-state index contributed by atoms with van der Waals surface area (Å²) in [5.74, 6) is -0.324. The topological polar surface area (TPSA) is 50.4 Å². The fourth-order valence-corrected chi connectivity index (χ4v) is 2.26. The quantitative estimate of drug-likeness (QED) is 0.781. The first-order chi connectivity index (χ1) is 12.0. The van der Waals surface area contributed by atoms with E-state index in [-0.39, 0.29) is 17.7 Å². The van der Waals surface area contributed by atoms with Gasteiger partial charge in [-0.3, -0.25) is 0 Å². The van der Waals surface area contributed by atoms with Crippen LogP contribution >= 0.6 is 0 Å². The lowest BCUT2D eigenvalue weighted by Crippen LogP contribution is -2.28. The first-order valence-corrected chi connectivity index (χ1v) is 8.03. The summed E-state index contributed by atoms with van der Waals surface area (Å²) in [6, 6.07) is 12.5. The molecule has 26 heavy (non-hydrogen) atoms. The Morgan fingerprint density at radius 3 is 2.27 bits per heavy atom. The molecule has 0 aliphatic rings. The summed E-state index contributed by atoms with van der Waals surface area (Å²) in [5.41, 5.74) is 2.28. The summed E-state index contributed by atoms with van der Waals surface area (Å²) in [6.45, 7) is 6.36. The maximum atomic E-state index is 12.2. The van der Waals surface area contributed by atoms with Gasteiger partial charge in [-0.1, -0.05) is 45.0 Å². The second-order valence-corrected chi connectivity index (χ2v) is 6.83. The van der Waals surface area contributed by atoms with Gasteiger partial charge in [-0.05, 0) is 40.8 Å². The van der Waals surface area contributed by atoms with Crippen LogP contribution in [-0.4, -0.2) is 12.4 Å². The molecule has 0 fully saturated rings. The van der Waals surface area contributed by atoms with Gasteiger partial charge in [-0.25, -0.2) is 4.79 Å². The third kappa shape index (κ3) is 6.31. The molecule has 2 N–H and O–H groups in total. The lowest BCUT2D eigenvalue weighted by Gasteiger charge is -2.19. The Bertz CT molecular complexity index is 751. The smallest absolute Gasteiger partial charge is 0.406 e. The van der Waals surface area contributed by atoms with Crippen LogP contribution in [0, 0.1) is 0 Å².